The van der Waals surface area contributed by atoms with Crippen LogP contribution in [0, 0.1) is 0 Å². The molecule has 84 valence electrons. The first-order chi connectivity index (χ1) is 7.61. The molecule has 4 heteroatoms. The molecule has 1 aliphatic heterocycles. The van der Waals surface area contributed by atoms with Gasteiger partial charge in [0.2, 0.25) is 0 Å². The normalized spacial score (nSPS) is 18.7. The van der Waals surface area contributed by atoms with Crippen molar-refractivity contribution in [1.29, 1.82) is 0 Å². The van der Waals surface area contributed by atoms with E-state index in [0.717, 1.165) is 16.2 Å². The van der Waals surface area contributed by atoms with Crippen LogP contribution in [0.3, 0.4) is 0 Å². The summed E-state index contributed by atoms with van der Waals surface area (Å²) < 4.78 is 0. The highest BCUT2D eigenvalue weighted by Gasteiger charge is 2.31. The Balaban J connectivity index is 2.27. The summed E-state index contributed by atoms with van der Waals surface area (Å²) in [7, 11) is 1.93. The van der Waals surface area contributed by atoms with Crippen molar-refractivity contribution >= 4 is 28.9 Å². The first-order valence-electron chi connectivity index (χ1n) is 5.19. The van der Waals surface area contributed by atoms with Crippen molar-refractivity contribution in [1.82, 2.24) is 0 Å². The number of nitrogens with zero attached hydrogens (tertiary/aromatic N) is 1. The van der Waals surface area contributed by atoms with E-state index in [2.05, 4.69) is 0 Å². The zero-order valence-electron chi connectivity index (χ0n) is 9.01. The fourth-order valence-electron chi connectivity index (χ4n) is 2.12. The molecule has 0 aromatic heterocycles. The number of hydrogen-bond acceptors (Lipinski definition) is 2. The predicted octanol–water partition coefficient (Wildman–Crippen LogP) is 2.41. The Morgan fingerprint density at radius 3 is 2.88 bits per heavy atom. The molecule has 0 spiro atoms. The summed E-state index contributed by atoms with van der Waals surface area (Å²) in [5.41, 5.74) is 2.25. The molecule has 0 bridgehead atoms. The van der Waals surface area contributed by atoms with Crippen molar-refractivity contribution in [3.8, 4) is 0 Å². The number of anilines is 1. The largest absolute Gasteiger partial charge is 0.481 e. The highest BCUT2D eigenvalue weighted by Crippen LogP contribution is 2.39. The zero-order valence-corrected chi connectivity index (χ0v) is 9.83. The fraction of sp³-hybridized carbons (Fsp3) is 0.333. The molecule has 1 unspecified atom stereocenters. The van der Waals surface area contributed by atoms with Gasteiger partial charge in [0.05, 0.1) is 4.99 Å². The molecule has 2 rings (SSSR count). The van der Waals surface area contributed by atoms with E-state index in [-0.39, 0.29) is 12.3 Å². The lowest BCUT2D eigenvalue weighted by molar-refractivity contribution is -0.137. The van der Waals surface area contributed by atoms with Crippen molar-refractivity contribution in [3.05, 3.63) is 29.8 Å². The van der Waals surface area contributed by atoms with Gasteiger partial charge in [0.1, 0.15) is 0 Å². The second kappa shape index (κ2) is 4.22. The quantitative estimate of drug-likeness (QED) is 0.817. The van der Waals surface area contributed by atoms with Crippen LogP contribution in [-0.2, 0) is 4.79 Å². The molecular weight excluding hydrogens is 222 g/mol. The van der Waals surface area contributed by atoms with Gasteiger partial charge in [-0.25, -0.2) is 0 Å². The van der Waals surface area contributed by atoms with Gasteiger partial charge in [-0.1, -0.05) is 30.4 Å². The molecule has 1 atom stereocenters. The van der Waals surface area contributed by atoms with Crippen molar-refractivity contribution in [2.75, 3.05) is 11.9 Å². The number of para-hydroxylation sites is 1. The van der Waals surface area contributed by atoms with Gasteiger partial charge in [-0.15, -0.1) is 0 Å². The number of carbonyl (C=O) groups is 1. The number of benzene rings is 1. The standard InChI is InChI=1S/C12H13NO2S/c1-13-10-5-3-2-4-8(10)9(12(13)16)6-7-11(14)15/h2-5,9H,6-7H2,1H3,(H,14,15). The summed E-state index contributed by atoms with van der Waals surface area (Å²) in [5.74, 6) is -0.692. The minimum Gasteiger partial charge on any atom is -0.481 e. The third-order valence-corrected chi connectivity index (χ3v) is 3.51. The first-order valence-corrected chi connectivity index (χ1v) is 5.60. The Kier molecular flexibility index (Phi) is 2.92. The van der Waals surface area contributed by atoms with E-state index in [0.29, 0.717) is 6.42 Å². The van der Waals surface area contributed by atoms with E-state index in [4.69, 9.17) is 17.3 Å². The van der Waals surface area contributed by atoms with Crippen molar-refractivity contribution in [2.24, 2.45) is 0 Å². The van der Waals surface area contributed by atoms with E-state index in [1.807, 2.05) is 36.2 Å². The van der Waals surface area contributed by atoms with Crippen molar-refractivity contribution in [3.63, 3.8) is 0 Å². The maximum Gasteiger partial charge on any atom is 0.303 e. The summed E-state index contributed by atoms with van der Waals surface area (Å²) in [4.78, 5) is 13.4. The third kappa shape index (κ3) is 1.80. The predicted molar refractivity (Wildman–Crippen MR) is 67.1 cm³/mol. The highest BCUT2D eigenvalue weighted by atomic mass is 32.1. The second-order valence-corrected chi connectivity index (χ2v) is 4.36. The van der Waals surface area contributed by atoms with E-state index in [1.165, 1.54) is 0 Å². The van der Waals surface area contributed by atoms with E-state index >= 15 is 0 Å². The first kappa shape index (κ1) is 11.1. The summed E-state index contributed by atoms with van der Waals surface area (Å²) in [5, 5.41) is 8.72. The maximum atomic E-state index is 10.6. The maximum absolute atomic E-state index is 10.6. The molecule has 0 fully saturated rings. The second-order valence-electron chi connectivity index (χ2n) is 3.94. The van der Waals surface area contributed by atoms with Gasteiger partial charge in [-0.3, -0.25) is 4.79 Å². The molecular formula is C12H13NO2S. The highest BCUT2D eigenvalue weighted by molar-refractivity contribution is 7.80. The molecule has 1 heterocycles. The van der Waals surface area contributed by atoms with Gasteiger partial charge in [-0.05, 0) is 18.1 Å². The smallest absolute Gasteiger partial charge is 0.303 e. The van der Waals surface area contributed by atoms with Gasteiger partial charge >= 0.3 is 5.97 Å². The van der Waals surface area contributed by atoms with Gasteiger partial charge < -0.3 is 10.0 Å². The third-order valence-electron chi connectivity index (χ3n) is 2.95. The number of thiocarbonyl (C=S) groups is 1. The Hall–Kier alpha value is -1.42. The van der Waals surface area contributed by atoms with Crippen LogP contribution in [0.15, 0.2) is 24.3 Å². The SMILES string of the molecule is CN1C(=S)C(CCC(=O)O)c2ccccc21. The number of likely N-dealkylation sites (N-methyl/N-ethyl adjacent to an activating group) is 1. The van der Waals surface area contributed by atoms with Gasteiger partial charge in [-0.2, -0.15) is 0 Å². The molecule has 0 radical (unpaired) electrons. The number of rotatable bonds is 3. The minimum atomic E-state index is -0.769. The van der Waals surface area contributed by atoms with Crippen LogP contribution in [0.2, 0.25) is 0 Å². The fourth-order valence-corrected chi connectivity index (χ4v) is 2.46. The number of fused-ring (bicyclic) bond motifs is 1. The number of carboxylic acid groups (broad SMARTS) is 1. The average molecular weight is 235 g/mol. The average Bonchev–Trinajstić information content (AvgIpc) is 2.50. The van der Waals surface area contributed by atoms with Crippen molar-refractivity contribution in [2.45, 2.75) is 18.8 Å². The summed E-state index contributed by atoms with van der Waals surface area (Å²) in [6.45, 7) is 0. The lowest BCUT2D eigenvalue weighted by atomic mass is 9.96. The molecule has 1 N–H and O–H groups in total. The number of aliphatic carboxylic acids is 1. The molecule has 0 aliphatic carbocycles. The van der Waals surface area contributed by atoms with Crippen LogP contribution in [0.25, 0.3) is 0 Å². The Morgan fingerprint density at radius 1 is 1.50 bits per heavy atom. The van der Waals surface area contributed by atoms with E-state index in [9.17, 15) is 4.79 Å². The van der Waals surface area contributed by atoms with Gasteiger partial charge in [0, 0.05) is 25.1 Å². The molecule has 1 aliphatic rings. The van der Waals surface area contributed by atoms with Crippen LogP contribution >= 0.6 is 12.2 Å². The van der Waals surface area contributed by atoms with Crippen molar-refractivity contribution < 1.29 is 9.90 Å². The van der Waals surface area contributed by atoms with Gasteiger partial charge in [0.15, 0.2) is 0 Å². The number of carboxylic acids is 1. The summed E-state index contributed by atoms with van der Waals surface area (Å²) >= 11 is 5.35. The van der Waals surface area contributed by atoms with E-state index < -0.39 is 5.97 Å². The van der Waals surface area contributed by atoms with Crippen LogP contribution < -0.4 is 4.90 Å². The molecule has 0 saturated carbocycles. The Bertz CT molecular complexity index is 444. The molecule has 1 aromatic carbocycles. The summed E-state index contributed by atoms with van der Waals surface area (Å²) in [6, 6.07) is 7.98. The lowest BCUT2D eigenvalue weighted by Crippen LogP contribution is -2.22. The topological polar surface area (TPSA) is 40.5 Å². The lowest BCUT2D eigenvalue weighted by Gasteiger charge is -2.13. The molecule has 16 heavy (non-hydrogen) atoms. The Labute approximate surface area is 99.7 Å². The molecule has 0 amide bonds. The zero-order chi connectivity index (χ0) is 11.7. The van der Waals surface area contributed by atoms with Crippen LogP contribution in [0.4, 0.5) is 5.69 Å². The van der Waals surface area contributed by atoms with E-state index in [1.54, 1.807) is 0 Å². The Morgan fingerprint density at radius 2 is 2.19 bits per heavy atom. The molecule has 3 nitrogen and oxygen atoms in total. The minimum absolute atomic E-state index is 0.0762. The molecule has 0 saturated heterocycles. The van der Waals surface area contributed by atoms with Crippen LogP contribution in [0.5, 0.6) is 0 Å². The monoisotopic (exact) mass is 235 g/mol. The number of hydrogen-bond donors (Lipinski definition) is 1. The van der Waals surface area contributed by atoms with Crippen LogP contribution in [-0.4, -0.2) is 23.1 Å². The van der Waals surface area contributed by atoms with Crippen LogP contribution in [0.1, 0.15) is 24.3 Å². The molecule has 1 aromatic rings. The van der Waals surface area contributed by atoms with Gasteiger partial charge in [0.25, 0.3) is 0 Å². The summed E-state index contributed by atoms with van der Waals surface area (Å²) in [6.07, 6.45) is 0.739.